The minimum atomic E-state index is 0. The molecule has 6 nitrogen and oxygen atoms in total. The van der Waals surface area contributed by atoms with Gasteiger partial charge in [0.05, 0.1) is 6.54 Å². The summed E-state index contributed by atoms with van der Waals surface area (Å²) in [4.78, 5) is 29.8. The lowest BCUT2D eigenvalue weighted by Crippen LogP contribution is -2.53. The van der Waals surface area contributed by atoms with Crippen molar-refractivity contribution in [2.75, 3.05) is 45.8 Å². The standard InChI is InChI=1S/C15H28N4O2.ClH/c1-13(20)17-8-10-18(11-9-17)15(21)12-19-7-3-2-4-14(19)5-6-16;/h14H,2-12,16H2,1H3;1H. The summed E-state index contributed by atoms with van der Waals surface area (Å²) in [6.07, 6.45) is 4.55. The number of piperidine rings is 1. The van der Waals surface area contributed by atoms with E-state index in [1.807, 2.05) is 9.80 Å². The molecule has 2 fully saturated rings. The highest BCUT2D eigenvalue weighted by Gasteiger charge is 2.27. The topological polar surface area (TPSA) is 69.9 Å². The number of carbonyl (C=O) groups is 2. The maximum atomic E-state index is 12.4. The first-order valence-electron chi connectivity index (χ1n) is 8.09. The van der Waals surface area contributed by atoms with Crippen molar-refractivity contribution < 1.29 is 9.59 Å². The highest BCUT2D eigenvalue weighted by atomic mass is 35.5. The Hall–Kier alpha value is -0.850. The Kier molecular flexibility index (Phi) is 8.14. The number of halogens is 1. The molecule has 0 spiro atoms. The zero-order chi connectivity index (χ0) is 15.2. The second-order valence-electron chi connectivity index (χ2n) is 6.08. The number of likely N-dealkylation sites (tertiary alicyclic amines) is 1. The van der Waals surface area contributed by atoms with E-state index in [2.05, 4.69) is 4.90 Å². The summed E-state index contributed by atoms with van der Waals surface area (Å²) in [6, 6.07) is 0.464. The second-order valence-corrected chi connectivity index (χ2v) is 6.08. The van der Waals surface area contributed by atoms with Crippen LogP contribution in [0.5, 0.6) is 0 Å². The van der Waals surface area contributed by atoms with Gasteiger partial charge in [-0.1, -0.05) is 6.42 Å². The SMILES string of the molecule is CC(=O)N1CCN(C(=O)CN2CCCCC2CCN)CC1.Cl. The maximum Gasteiger partial charge on any atom is 0.236 e. The van der Waals surface area contributed by atoms with Gasteiger partial charge in [-0.2, -0.15) is 0 Å². The molecule has 1 unspecified atom stereocenters. The molecule has 128 valence electrons. The first-order chi connectivity index (χ1) is 10.1. The van der Waals surface area contributed by atoms with Crippen LogP contribution in [0.2, 0.25) is 0 Å². The third-order valence-electron chi connectivity index (χ3n) is 4.67. The summed E-state index contributed by atoms with van der Waals surface area (Å²) in [7, 11) is 0. The molecule has 2 amide bonds. The Labute approximate surface area is 139 Å². The summed E-state index contributed by atoms with van der Waals surface area (Å²) in [5.41, 5.74) is 5.68. The van der Waals surface area contributed by atoms with E-state index in [9.17, 15) is 9.59 Å². The molecule has 1 atom stereocenters. The largest absolute Gasteiger partial charge is 0.339 e. The van der Waals surface area contributed by atoms with Crippen molar-refractivity contribution in [3.8, 4) is 0 Å². The van der Waals surface area contributed by atoms with Crippen LogP contribution in [0, 0.1) is 0 Å². The van der Waals surface area contributed by atoms with E-state index in [4.69, 9.17) is 5.73 Å². The van der Waals surface area contributed by atoms with Gasteiger partial charge in [0, 0.05) is 39.1 Å². The van der Waals surface area contributed by atoms with Gasteiger partial charge in [0.15, 0.2) is 0 Å². The van der Waals surface area contributed by atoms with Gasteiger partial charge < -0.3 is 15.5 Å². The molecule has 0 saturated carbocycles. The Morgan fingerprint density at radius 2 is 1.68 bits per heavy atom. The lowest BCUT2D eigenvalue weighted by molar-refractivity contribution is -0.139. The number of nitrogens with zero attached hydrogens (tertiary/aromatic N) is 3. The number of carbonyl (C=O) groups excluding carboxylic acids is 2. The fraction of sp³-hybridized carbons (Fsp3) is 0.867. The summed E-state index contributed by atoms with van der Waals surface area (Å²) in [6.45, 7) is 6.42. The van der Waals surface area contributed by atoms with E-state index in [1.54, 1.807) is 6.92 Å². The van der Waals surface area contributed by atoms with Crippen molar-refractivity contribution in [2.45, 2.75) is 38.6 Å². The van der Waals surface area contributed by atoms with Crippen LogP contribution in [-0.2, 0) is 9.59 Å². The number of piperazine rings is 1. The van der Waals surface area contributed by atoms with E-state index in [1.165, 1.54) is 12.8 Å². The van der Waals surface area contributed by atoms with Gasteiger partial charge >= 0.3 is 0 Å². The lowest BCUT2D eigenvalue weighted by atomic mass is 9.99. The van der Waals surface area contributed by atoms with Crippen LogP contribution >= 0.6 is 12.4 Å². The van der Waals surface area contributed by atoms with Crippen molar-refractivity contribution in [1.29, 1.82) is 0 Å². The highest BCUT2D eigenvalue weighted by molar-refractivity contribution is 5.85. The molecule has 2 rings (SSSR count). The molecule has 0 aliphatic carbocycles. The summed E-state index contributed by atoms with van der Waals surface area (Å²) >= 11 is 0. The van der Waals surface area contributed by atoms with Crippen molar-refractivity contribution in [3.63, 3.8) is 0 Å². The number of amides is 2. The number of hydrogen-bond donors (Lipinski definition) is 1. The zero-order valence-corrected chi connectivity index (χ0v) is 14.3. The lowest BCUT2D eigenvalue weighted by Gasteiger charge is -2.38. The molecule has 7 heteroatoms. The molecule has 0 radical (unpaired) electrons. The Morgan fingerprint density at radius 1 is 1.05 bits per heavy atom. The third kappa shape index (κ3) is 5.11. The maximum absolute atomic E-state index is 12.4. The van der Waals surface area contributed by atoms with Crippen molar-refractivity contribution in [1.82, 2.24) is 14.7 Å². The van der Waals surface area contributed by atoms with Gasteiger partial charge in [0.1, 0.15) is 0 Å². The van der Waals surface area contributed by atoms with Gasteiger partial charge in [0.25, 0.3) is 0 Å². The van der Waals surface area contributed by atoms with Gasteiger partial charge in [-0.15, -0.1) is 12.4 Å². The number of rotatable bonds is 4. The average molecular weight is 333 g/mol. The number of hydrogen-bond acceptors (Lipinski definition) is 4. The van der Waals surface area contributed by atoms with Crippen LogP contribution in [0.15, 0.2) is 0 Å². The normalized spacial score (nSPS) is 23.1. The van der Waals surface area contributed by atoms with Crippen molar-refractivity contribution in [2.24, 2.45) is 5.73 Å². The molecule has 0 bridgehead atoms. The van der Waals surface area contributed by atoms with Crippen LogP contribution in [0.1, 0.15) is 32.6 Å². The monoisotopic (exact) mass is 332 g/mol. The Balaban J connectivity index is 0.00000242. The minimum absolute atomic E-state index is 0. The molecule has 0 aromatic carbocycles. The molecule has 2 aliphatic heterocycles. The van der Waals surface area contributed by atoms with Crippen molar-refractivity contribution >= 4 is 24.2 Å². The first kappa shape index (κ1) is 19.2. The zero-order valence-electron chi connectivity index (χ0n) is 13.5. The van der Waals surface area contributed by atoms with Crippen LogP contribution in [0.3, 0.4) is 0 Å². The molecular weight excluding hydrogens is 304 g/mol. The minimum Gasteiger partial charge on any atom is -0.339 e. The van der Waals surface area contributed by atoms with E-state index >= 15 is 0 Å². The molecule has 22 heavy (non-hydrogen) atoms. The molecule has 2 heterocycles. The van der Waals surface area contributed by atoms with Gasteiger partial charge in [0.2, 0.25) is 11.8 Å². The van der Waals surface area contributed by atoms with E-state index in [-0.39, 0.29) is 24.2 Å². The van der Waals surface area contributed by atoms with Crippen LogP contribution in [-0.4, -0.2) is 78.4 Å². The smallest absolute Gasteiger partial charge is 0.236 e. The average Bonchev–Trinajstić information content (AvgIpc) is 2.49. The summed E-state index contributed by atoms with van der Waals surface area (Å²) in [5.74, 6) is 0.295. The highest BCUT2D eigenvalue weighted by Crippen LogP contribution is 2.19. The van der Waals surface area contributed by atoms with E-state index in [0.29, 0.717) is 45.3 Å². The van der Waals surface area contributed by atoms with Crippen LogP contribution < -0.4 is 5.73 Å². The molecule has 2 saturated heterocycles. The third-order valence-corrected chi connectivity index (χ3v) is 4.67. The predicted molar refractivity (Wildman–Crippen MR) is 89.0 cm³/mol. The fourth-order valence-corrected chi connectivity index (χ4v) is 3.33. The quantitative estimate of drug-likeness (QED) is 0.804. The molecule has 2 aliphatic rings. The van der Waals surface area contributed by atoms with E-state index in [0.717, 1.165) is 19.4 Å². The predicted octanol–water partition coefficient (Wildman–Crippen LogP) is 0.302. The van der Waals surface area contributed by atoms with Crippen molar-refractivity contribution in [3.05, 3.63) is 0 Å². The Bertz CT molecular complexity index is 371. The fourth-order valence-electron chi connectivity index (χ4n) is 3.33. The first-order valence-corrected chi connectivity index (χ1v) is 8.09. The van der Waals surface area contributed by atoms with Crippen LogP contribution in [0.4, 0.5) is 0 Å². The number of nitrogens with two attached hydrogens (primary N) is 1. The molecule has 2 N–H and O–H groups in total. The molecular formula is C15H29ClN4O2. The van der Waals surface area contributed by atoms with E-state index < -0.39 is 0 Å². The van der Waals surface area contributed by atoms with Gasteiger partial charge in [-0.3, -0.25) is 14.5 Å². The Morgan fingerprint density at radius 3 is 2.27 bits per heavy atom. The molecule has 0 aromatic heterocycles. The second kappa shape index (κ2) is 9.33. The van der Waals surface area contributed by atoms with Crippen LogP contribution in [0.25, 0.3) is 0 Å². The van der Waals surface area contributed by atoms with Gasteiger partial charge in [-0.25, -0.2) is 0 Å². The van der Waals surface area contributed by atoms with Gasteiger partial charge in [-0.05, 0) is 32.4 Å². The summed E-state index contributed by atoms with van der Waals surface area (Å²) in [5, 5.41) is 0. The summed E-state index contributed by atoms with van der Waals surface area (Å²) < 4.78 is 0. The molecule has 0 aromatic rings.